The Morgan fingerprint density at radius 3 is 2.09 bits per heavy atom. The van der Waals surface area contributed by atoms with Crippen LogP contribution in [0.1, 0.15) is 61.5 Å². The summed E-state index contributed by atoms with van der Waals surface area (Å²) < 4.78 is 13.9. The van der Waals surface area contributed by atoms with E-state index in [1.807, 2.05) is 78.9 Å². The van der Waals surface area contributed by atoms with Crippen molar-refractivity contribution >= 4 is 17.5 Å². The van der Waals surface area contributed by atoms with E-state index in [0.717, 1.165) is 17.7 Å². The molecule has 0 aromatic heterocycles. The monoisotopic (exact) mass is 569 g/mol. The SMILES string of the molecule is O=C(NCCC(c1ccccc1)c1ccccc1)c1ccc(NC2c3ccccc3C(=O)N2Cc2cccc(F)c2)cc1. The van der Waals surface area contributed by atoms with Gasteiger partial charge in [-0.05, 0) is 65.6 Å². The Kier molecular flexibility index (Phi) is 8.27. The molecule has 5 nitrogen and oxygen atoms in total. The van der Waals surface area contributed by atoms with Gasteiger partial charge in [0, 0.05) is 41.4 Å². The third-order valence-corrected chi connectivity index (χ3v) is 7.87. The van der Waals surface area contributed by atoms with Crippen molar-refractivity contribution in [2.24, 2.45) is 0 Å². The average molecular weight is 570 g/mol. The summed E-state index contributed by atoms with van der Waals surface area (Å²) in [7, 11) is 0. The van der Waals surface area contributed by atoms with Crippen molar-refractivity contribution < 1.29 is 14.0 Å². The van der Waals surface area contributed by atoms with E-state index in [1.165, 1.54) is 23.3 Å². The molecule has 0 spiro atoms. The number of nitrogens with one attached hydrogen (secondary N) is 2. The first kappa shape index (κ1) is 27.9. The van der Waals surface area contributed by atoms with Crippen molar-refractivity contribution in [2.45, 2.75) is 25.0 Å². The smallest absolute Gasteiger partial charge is 0.256 e. The number of benzene rings is 5. The van der Waals surface area contributed by atoms with E-state index >= 15 is 0 Å². The van der Waals surface area contributed by atoms with E-state index in [-0.39, 0.29) is 30.1 Å². The second-order valence-electron chi connectivity index (χ2n) is 10.7. The molecule has 1 aliphatic rings. The van der Waals surface area contributed by atoms with Crippen molar-refractivity contribution in [2.75, 3.05) is 11.9 Å². The number of amides is 2. The Morgan fingerprint density at radius 1 is 0.767 bits per heavy atom. The number of hydrogen-bond donors (Lipinski definition) is 2. The Bertz CT molecular complexity index is 1670. The number of rotatable bonds is 10. The number of halogens is 1. The minimum atomic E-state index is -0.431. The summed E-state index contributed by atoms with van der Waals surface area (Å²) in [6, 6.07) is 41.7. The normalized spacial score (nSPS) is 14.0. The highest BCUT2D eigenvalue weighted by Gasteiger charge is 2.36. The second-order valence-corrected chi connectivity index (χ2v) is 10.7. The highest BCUT2D eigenvalue weighted by atomic mass is 19.1. The van der Waals surface area contributed by atoms with Gasteiger partial charge < -0.3 is 15.5 Å². The number of hydrogen-bond acceptors (Lipinski definition) is 3. The molecule has 6 rings (SSSR count). The molecule has 1 aliphatic heterocycles. The van der Waals surface area contributed by atoms with Gasteiger partial charge in [-0.25, -0.2) is 4.39 Å². The van der Waals surface area contributed by atoms with Gasteiger partial charge in [-0.15, -0.1) is 0 Å². The third kappa shape index (κ3) is 6.33. The molecule has 5 aromatic carbocycles. The Labute approximate surface area is 251 Å². The van der Waals surface area contributed by atoms with E-state index in [1.54, 1.807) is 23.1 Å². The first-order valence-electron chi connectivity index (χ1n) is 14.5. The van der Waals surface area contributed by atoms with Crippen molar-refractivity contribution in [3.8, 4) is 0 Å². The van der Waals surface area contributed by atoms with Crippen molar-refractivity contribution in [1.82, 2.24) is 10.2 Å². The topological polar surface area (TPSA) is 61.4 Å². The molecule has 214 valence electrons. The summed E-state index contributed by atoms with van der Waals surface area (Å²) in [6.45, 7) is 0.791. The molecule has 1 heterocycles. The lowest BCUT2D eigenvalue weighted by Crippen LogP contribution is -2.32. The largest absolute Gasteiger partial charge is 0.361 e. The van der Waals surface area contributed by atoms with Crippen LogP contribution in [-0.4, -0.2) is 23.3 Å². The summed E-state index contributed by atoms with van der Waals surface area (Å²) in [5, 5.41) is 6.53. The number of carbonyl (C=O) groups is 2. The third-order valence-electron chi connectivity index (χ3n) is 7.87. The molecular weight excluding hydrogens is 537 g/mol. The summed E-state index contributed by atoms with van der Waals surface area (Å²) in [5.74, 6) is -0.407. The molecule has 0 fully saturated rings. The maximum absolute atomic E-state index is 13.9. The molecule has 6 heteroatoms. The molecule has 2 amide bonds. The quantitative estimate of drug-likeness (QED) is 0.183. The van der Waals surface area contributed by atoms with E-state index in [0.29, 0.717) is 23.2 Å². The highest BCUT2D eigenvalue weighted by Crippen LogP contribution is 2.35. The lowest BCUT2D eigenvalue weighted by molar-refractivity contribution is 0.0728. The summed E-state index contributed by atoms with van der Waals surface area (Å²) >= 11 is 0. The van der Waals surface area contributed by atoms with Gasteiger partial charge in [0.25, 0.3) is 11.8 Å². The van der Waals surface area contributed by atoms with Gasteiger partial charge in [-0.2, -0.15) is 0 Å². The first-order valence-corrected chi connectivity index (χ1v) is 14.5. The number of fused-ring (bicyclic) bond motifs is 1. The molecule has 0 aliphatic carbocycles. The summed E-state index contributed by atoms with van der Waals surface area (Å²) in [5.41, 5.74) is 5.95. The van der Waals surface area contributed by atoms with Gasteiger partial charge in [0.05, 0.1) is 0 Å². The van der Waals surface area contributed by atoms with Gasteiger partial charge in [-0.1, -0.05) is 91.0 Å². The van der Waals surface area contributed by atoms with Gasteiger partial charge in [0.2, 0.25) is 0 Å². The number of carbonyl (C=O) groups excluding carboxylic acids is 2. The van der Waals surface area contributed by atoms with Crippen LogP contribution >= 0.6 is 0 Å². The highest BCUT2D eigenvalue weighted by molar-refractivity contribution is 5.99. The van der Waals surface area contributed by atoms with Gasteiger partial charge in [0.15, 0.2) is 0 Å². The number of anilines is 1. The molecular formula is C37H32FN3O2. The van der Waals surface area contributed by atoms with Crippen LogP contribution in [0.4, 0.5) is 10.1 Å². The van der Waals surface area contributed by atoms with Crippen LogP contribution < -0.4 is 10.6 Å². The predicted octanol–water partition coefficient (Wildman–Crippen LogP) is 7.54. The van der Waals surface area contributed by atoms with Crippen LogP contribution in [0, 0.1) is 5.82 Å². The Hall–Kier alpha value is -5.23. The molecule has 0 saturated heterocycles. The number of nitrogens with zero attached hydrogens (tertiary/aromatic N) is 1. The standard InChI is InChI=1S/C37H32FN3O2/c38-30-15-9-10-26(24-30)25-41-35(33-16-7-8-17-34(33)37(41)43)40-31-20-18-29(19-21-31)36(42)39-23-22-32(27-11-3-1-4-12-27)28-13-5-2-6-14-28/h1-21,24,32,35,40H,22-23,25H2,(H,39,42). The fraction of sp³-hybridized carbons (Fsp3) is 0.135. The zero-order chi connectivity index (χ0) is 29.6. The average Bonchev–Trinajstić information content (AvgIpc) is 3.30. The van der Waals surface area contributed by atoms with Crippen LogP contribution in [0.5, 0.6) is 0 Å². The van der Waals surface area contributed by atoms with E-state index < -0.39 is 6.17 Å². The second kappa shape index (κ2) is 12.7. The summed E-state index contributed by atoms with van der Waals surface area (Å²) in [4.78, 5) is 28.0. The Balaban J connectivity index is 1.12. The van der Waals surface area contributed by atoms with Crippen molar-refractivity contribution in [1.29, 1.82) is 0 Å². The first-order chi connectivity index (χ1) is 21.1. The van der Waals surface area contributed by atoms with E-state index in [4.69, 9.17) is 0 Å². The molecule has 5 aromatic rings. The Morgan fingerprint density at radius 2 is 1.42 bits per heavy atom. The lowest BCUT2D eigenvalue weighted by Gasteiger charge is -2.27. The van der Waals surface area contributed by atoms with Gasteiger partial charge in [0.1, 0.15) is 12.0 Å². The van der Waals surface area contributed by atoms with E-state index in [9.17, 15) is 14.0 Å². The van der Waals surface area contributed by atoms with Crippen molar-refractivity contribution in [3.05, 3.63) is 173 Å². The zero-order valence-electron chi connectivity index (χ0n) is 23.6. The molecule has 0 radical (unpaired) electrons. The fourth-order valence-corrected chi connectivity index (χ4v) is 5.73. The minimum absolute atomic E-state index is 0.113. The van der Waals surface area contributed by atoms with Crippen LogP contribution in [0.2, 0.25) is 0 Å². The maximum Gasteiger partial charge on any atom is 0.256 e. The van der Waals surface area contributed by atoms with Crippen LogP contribution in [0.3, 0.4) is 0 Å². The van der Waals surface area contributed by atoms with E-state index in [2.05, 4.69) is 34.9 Å². The molecule has 1 atom stereocenters. The van der Waals surface area contributed by atoms with Gasteiger partial charge in [-0.3, -0.25) is 9.59 Å². The fourth-order valence-electron chi connectivity index (χ4n) is 5.73. The van der Waals surface area contributed by atoms with Crippen LogP contribution in [-0.2, 0) is 6.54 Å². The van der Waals surface area contributed by atoms with Crippen LogP contribution in [0.15, 0.2) is 133 Å². The predicted molar refractivity (Wildman–Crippen MR) is 167 cm³/mol. The van der Waals surface area contributed by atoms with Gasteiger partial charge >= 0.3 is 0 Å². The molecule has 1 unspecified atom stereocenters. The maximum atomic E-state index is 13.9. The molecule has 0 saturated carbocycles. The lowest BCUT2D eigenvalue weighted by atomic mass is 9.88. The zero-order valence-corrected chi connectivity index (χ0v) is 23.6. The molecule has 2 N–H and O–H groups in total. The minimum Gasteiger partial charge on any atom is -0.361 e. The van der Waals surface area contributed by atoms with Crippen molar-refractivity contribution in [3.63, 3.8) is 0 Å². The molecule has 0 bridgehead atoms. The molecule has 43 heavy (non-hydrogen) atoms. The van der Waals surface area contributed by atoms with Crippen LogP contribution in [0.25, 0.3) is 0 Å². The summed E-state index contributed by atoms with van der Waals surface area (Å²) in [6.07, 6.45) is 0.343.